The predicted molar refractivity (Wildman–Crippen MR) is 73.0 cm³/mol. The minimum absolute atomic E-state index is 0.0970. The van der Waals surface area contributed by atoms with E-state index in [1.54, 1.807) is 6.92 Å². The Morgan fingerprint density at radius 1 is 1.38 bits per heavy atom. The first-order chi connectivity index (χ1) is 9.70. The molecule has 0 spiro atoms. The number of benzene rings is 1. The number of ether oxygens (including phenoxy) is 3. The molecule has 0 bridgehead atoms. The van der Waals surface area contributed by atoms with Gasteiger partial charge in [-0.25, -0.2) is 13.6 Å². The van der Waals surface area contributed by atoms with Gasteiger partial charge in [0.25, 0.3) is 5.69 Å². The van der Waals surface area contributed by atoms with E-state index in [0.29, 0.717) is 0 Å². The molecule has 118 valence electrons. The lowest BCUT2D eigenvalue weighted by Crippen LogP contribution is -2.20. The number of nitrogens with two attached hydrogens (primary N) is 1. The molecular weight excluding hydrogens is 304 g/mol. The zero-order chi connectivity index (χ0) is 16.2. The molecule has 1 aromatic rings. The summed E-state index contributed by atoms with van der Waals surface area (Å²) in [6.45, 7) is 1.86. The first kappa shape index (κ1) is 17.1. The van der Waals surface area contributed by atoms with Gasteiger partial charge >= 0.3 is 0 Å². The second-order valence-corrected chi connectivity index (χ2v) is 5.69. The molecule has 10 heteroatoms. The summed E-state index contributed by atoms with van der Waals surface area (Å²) in [6, 6.07) is 1.89. The van der Waals surface area contributed by atoms with Gasteiger partial charge in [0.15, 0.2) is 11.5 Å². The Balaban J connectivity index is 3.46. The number of nitro groups is 1. The topological polar surface area (TPSA) is 131 Å². The van der Waals surface area contributed by atoms with Crippen molar-refractivity contribution in [2.45, 2.75) is 17.9 Å². The van der Waals surface area contributed by atoms with E-state index in [1.165, 1.54) is 14.2 Å². The molecule has 1 aromatic carbocycles. The molecule has 0 saturated heterocycles. The second-order valence-electron chi connectivity index (χ2n) is 4.16. The van der Waals surface area contributed by atoms with E-state index >= 15 is 0 Å². The van der Waals surface area contributed by atoms with Gasteiger partial charge in [-0.05, 0) is 6.92 Å². The summed E-state index contributed by atoms with van der Waals surface area (Å²) in [5.41, 5.74) is -0.473. The van der Waals surface area contributed by atoms with Gasteiger partial charge in [-0.2, -0.15) is 0 Å². The van der Waals surface area contributed by atoms with E-state index in [2.05, 4.69) is 0 Å². The average Bonchev–Trinajstić information content (AvgIpc) is 2.36. The van der Waals surface area contributed by atoms with Crippen LogP contribution in [0.5, 0.6) is 11.5 Å². The van der Waals surface area contributed by atoms with Crippen molar-refractivity contribution < 1.29 is 27.6 Å². The van der Waals surface area contributed by atoms with E-state index < -0.39 is 31.6 Å². The van der Waals surface area contributed by atoms with E-state index in [0.717, 1.165) is 12.1 Å². The van der Waals surface area contributed by atoms with Crippen molar-refractivity contribution in [3.05, 3.63) is 22.2 Å². The normalized spacial score (nSPS) is 12.8. The molecule has 0 heterocycles. The van der Waals surface area contributed by atoms with Crippen LogP contribution in [0.1, 0.15) is 6.92 Å². The minimum atomic E-state index is -4.21. The standard InChI is InChI=1S/C11H16N2O7S/c1-7(6-18-2)20-9-4-8(13(14)15)5-10(11(9)19-3)21(12,16)17/h4-5,7H,6H2,1-3H3,(H2,12,16,17). The molecule has 1 rings (SSSR count). The maximum atomic E-state index is 11.5. The Morgan fingerprint density at radius 2 is 2.00 bits per heavy atom. The van der Waals surface area contributed by atoms with Crippen molar-refractivity contribution in [1.29, 1.82) is 0 Å². The number of nitro benzene ring substituents is 1. The van der Waals surface area contributed by atoms with Crippen LogP contribution in [0.2, 0.25) is 0 Å². The summed E-state index contributed by atoms with van der Waals surface area (Å²) in [6.07, 6.45) is -0.473. The summed E-state index contributed by atoms with van der Waals surface area (Å²) in [5.74, 6) is -0.286. The highest BCUT2D eigenvalue weighted by molar-refractivity contribution is 7.89. The van der Waals surface area contributed by atoms with E-state index in [-0.39, 0.29) is 18.1 Å². The van der Waals surface area contributed by atoms with Gasteiger partial charge < -0.3 is 14.2 Å². The minimum Gasteiger partial charge on any atom is -0.492 e. The second kappa shape index (κ2) is 6.70. The Labute approximate surface area is 121 Å². The van der Waals surface area contributed by atoms with Crippen LogP contribution in [-0.2, 0) is 14.8 Å². The first-order valence-electron chi connectivity index (χ1n) is 5.75. The molecule has 0 aliphatic heterocycles. The molecule has 0 amide bonds. The fourth-order valence-corrected chi connectivity index (χ4v) is 2.38. The van der Waals surface area contributed by atoms with Crippen LogP contribution in [0.25, 0.3) is 0 Å². The molecule has 0 saturated carbocycles. The molecular formula is C11H16N2O7S. The van der Waals surface area contributed by atoms with Gasteiger partial charge in [-0.15, -0.1) is 0 Å². The van der Waals surface area contributed by atoms with Gasteiger partial charge in [0.05, 0.1) is 24.7 Å². The molecule has 0 aliphatic carbocycles. The van der Waals surface area contributed by atoms with Crippen LogP contribution in [0, 0.1) is 10.1 Å². The van der Waals surface area contributed by atoms with Crippen molar-refractivity contribution in [3.8, 4) is 11.5 Å². The lowest BCUT2D eigenvalue weighted by atomic mass is 10.2. The summed E-state index contributed by atoms with van der Waals surface area (Å²) in [5, 5.41) is 15.9. The maximum absolute atomic E-state index is 11.5. The number of sulfonamides is 1. The molecule has 0 fully saturated rings. The third-order valence-corrected chi connectivity index (χ3v) is 3.37. The largest absolute Gasteiger partial charge is 0.492 e. The zero-order valence-electron chi connectivity index (χ0n) is 11.7. The summed E-state index contributed by atoms with van der Waals surface area (Å²) >= 11 is 0. The lowest BCUT2D eigenvalue weighted by Gasteiger charge is -2.17. The summed E-state index contributed by atoms with van der Waals surface area (Å²) < 4.78 is 38.4. The Morgan fingerprint density at radius 3 is 2.43 bits per heavy atom. The van der Waals surface area contributed by atoms with Crippen LogP contribution < -0.4 is 14.6 Å². The molecule has 0 aromatic heterocycles. The molecule has 1 unspecified atom stereocenters. The Bertz CT molecular complexity index is 630. The highest BCUT2D eigenvalue weighted by Crippen LogP contribution is 2.38. The van der Waals surface area contributed by atoms with Crippen LogP contribution in [0.3, 0.4) is 0 Å². The Kier molecular flexibility index (Phi) is 5.47. The summed E-state index contributed by atoms with van der Waals surface area (Å²) in [7, 11) is -1.54. The van der Waals surface area contributed by atoms with Crippen molar-refractivity contribution in [2.24, 2.45) is 5.14 Å². The van der Waals surface area contributed by atoms with Crippen LogP contribution >= 0.6 is 0 Å². The third-order valence-electron chi connectivity index (χ3n) is 2.46. The molecule has 0 radical (unpaired) electrons. The van der Waals surface area contributed by atoms with Gasteiger partial charge in [0.2, 0.25) is 10.0 Å². The SMILES string of the molecule is COCC(C)Oc1cc([N+](=O)[O-])cc(S(N)(=O)=O)c1OC. The third kappa shape index (κ3) is 4.28. The fraction of sp³-hybridized carbons (Fsp3) is 0.455. The number of nitrogens with zero attached hydrogens (tertiary/aromatic N) is 1. The van der Waals surface area contributed by atoms with Crippen molar-refractivity contribution in [3.63, 3.8) is 0 Å². The quantitative estimate of drug-likeness (QED) is 0.576. The van der Waals surface area contributed by atoms with Crippen LogP contribution in [0.4, 0.5) is 5.69 Å². The zero-order valence-corrected chi connectivity index (χ0v) is 12.5. The van der Waals surface area contributed by atoms with Crippen LogP contribution in [-0.4, -0.2) is 40.3 Å². The molecule has 1 atom stereocenters. The molecule has 9 nitrogen and oxygen atoms in total. The first-order valence-corrected chi connectivity index (χ1v) is 7.30. The molecule has 0 aliphatic rings. The van der Waals surface area contributed by atoms with E-state index in [9.17, 15) is 18.5 Å². The van der Waals surface area contributed by atoms with Gasteiger partial charge in [-0.3, -0.25) is 10.1 Å². The van der Waals surface area contributed by atoms with Crippen LogP contribution in [0.15, 0.2) is 17.0 Å². The van der Waals surface area contributed by atoms with Gasteiger partial charge in [0, 0.05) is 13.2 Å². The van der Waals surface area contributed by atoms with E-state index in [4.69, 9.17) is 19.3 Å². The summed E-state index contributed by atoms with van der Waals surface area (Å²) in [4.78, 5) is 9.63. The monoisotopic (exact) mass is 320 g/mol. The van der Waals surface area contributed by atoms with Gasteiger partial charge in [-0.1, -0.05) is 0 Å². The number of methoxy groups -OCH3 is 2. The molecule has 21 heavy (non-hydrogen) atoms. The average molecular weight is 320 g/mol. The van der Waals surface area contributed by atoms with Gasteiger partial charge in [0.1, 0.15) is 11.0 Å². The number of primary sulfonamides is 1. The number of rotatable bonds is 7. The number of non-ortho nitro benzene ring substituents is 1. The fourth-order valence-electron chi connectivity index (χ4n) is 1.65. The highest BCUT2D eigenvalue weighted by Gasteiger charge is 2.25. The van der Waals surface area contributed by atoms with Crippen molar-refractivity contribution in [1.82, 2.24) is 0 Å². The van der Waals surface area contributed by atoms with Crippen molar-refractivity contribution in [2.75, 3.05) is 20.8 Å². The lowest BCUT2D eigenvalue weighted by molar-refractivity contribution is -0.385. The number of hydrogen-bond acceptors (Lipinski definition) is 7. The number of hydrogen-bond donors (Lipinski definition) is 1. The highest BCUT2D eigenvalue weighted by atomic mass is 32.2. The van der Waals surface area contributed by atoms with Crippen molar-refractivity contribution >= 4 is 15.7 Å². The molecule has 2 N–H and O–H groups in total. The predicted octanol–water partition coefficient (Wildman–Crippen LogP) is 0.665. The maximum Gasteiger partial charge on any atom is 0.274 e. The Hall–Kier alpha value is -1.91. The van der Waals surface area contributed by atoms with E-state index in [1.807, 2.05) is 0 Å². The smallest absolute Gasteiger partial charge is 0.274 e.